The zero-order valence-corrected chi connectivity index (χ0v) is 57.6. The van der Waals surface area contributed by atoms with Gasteiger partial charge in [0.2, 0.25) is 0 Å². The Hall–Kier alpha value is -12.6. The highest BCUT2D eigenvalue weighted by Gasteiger charge is 2.42. The fourth-order valence-corrected chi connectivity index (χ4v) is 17.7. The second-order valence-corrected chi connectivity index (χ2v) is 29.3. The summed E-state index contributed by atoms with van der Waals surface area (Å²) in [5.41, 5.74) is 30.9. The maximum atomic E-state index is 5.40. The second kappa shape index (κ2) is 22.2. The Morgan fingerprint density at radius 1 is 0.216 bits per heavy atom. The first-order chi connectivity index (χ1) is 49.9. The van der Waals surface area contributed by atoms with Crippen molar-refractivity contribution >= 4 is 65.4 Å². The average Bonchev–Trinajstić information content (AvgIpc) is 1.57. The van der Waals surface area contributed by atoms with Crippen LogP contribution in [0.3, 0.4) is 0 Å². The summed E-state index contributed by atoms with van der Waals surface area (Å²) < 4.78 is 7.23. The summed E-state index contributed by atoms with van der Waals surface area (Å²) in [7, 11) is 0. The average molecular weight is 1310 g/mol. The summed E-state index contributed by atoms with van der Waals surface area (Å²) in [6.45, 7) is 13.9. The van der Waals surface area contributed by atoms with Crippen molar-refractivity contribution in [1.82, 2.24) is 33.6 Å². The van der Waals surface area contributed by atoms with Crippen LogP contribution in [-0.2, 0) is 16.2 Å². The van der Waals surface area contributed by atoms with Gasteiger partial charge >= 0.3 is 0 Å². The molecule has 5 aromatic heterocycles. The van der Waals surface area contributed by atoms with Gasteiger partial charge in [0.05, 0.1) is 55.9 Å². The van der Waals surface area contributed by atoms with E-state index in [4.69, 9.17) is 19.9 Å². The van der Waals surface area contributed by atoms with Gasteiger partial charge in [0.1, 0.15) is 0 Å². The van der Waals surface area contributed by atoms with E-state index in [1.54, 1.807) is 0 Å². The van der Waals surface area contributed by atoms with Crippen LogP contribution in [-0.4, -0.2) is 33.6 Å². The van der Waals surface area contributed by atoms with Crippen LogP contribution in [0.15, 0.2) is 309 Å². The van der Waals surface area contributed by atoms with Crippen molar-refractivity contribution in [2.45, 2.75) is 57.8 Å². The summed E-state index contributed by atoms with van der Waals surface area (Å²) in [4.78, 5) is 21.5. The van der Waals surface area contributed by atoms with Crippen LogP contribution in [0.4, 0.5) is 0 Å². The molecule has 0 unspecified atom stereocenters. The third-order valence-corrected chi connectivity index (χ3v) is 22.5. The summed E-state index contributed by atoms with van der Waals surface area (Å²) in [6, 6.07) is 112. The molecule has 18 aromatic rings. The Balaban J connectivity index is 0.000000137. The SMILES string of the molecule is CC1(C)c2ccccc2-c2cc3c4ccccc4n(-c4cccc(-c5nc(-c6ccccc6)c6c(n5)-c5ccccc5C6(C)C)c4)c3cc21.CC1(C)c2ccccc2-c2nc(-c3cccc(-n4c5ccccc5c5cc6c7ccccc7n(-c7ccccc7)c6cc54)c3)nc(-c3ccccc3)c21. The molecule has 0 bridgehead atoms. The predicted molar refractivity (Wildman–Crippen MR) is 422 cm³/mol. The third kappa shape index (κ3) is 8.73. The molecule has 21 rings (SSSR count). The van der Waals surface area contributed by atoms with E-state index in [1.807, 2.05) is 0 Å². The minimum absolute atomic E-state index is 0.0839. The lowest BCUT2D eigenvalue weighted by molar-refractivity contribution is 0.657. The number of rotatable bonds is 7. The minimum atomic E-state index is -0.228. The number of para-hydroxylation sites is 4. The summed E-state index contributed by atoms with van der Waals surface area (Å²) in [5, 5.41) is 7.48. The van der Waals surface area contributed by atoms with Crippen molar-refractivity contribution in [3.63, 3.8) is 0 Å². The zero-order chi connectivity index (χ0) is 68.3. The molecule has 5 heterocycles. The van der Waals surface area contributed by atoms with Crippen LogP contribution >= 0.6 is 0 Å². The minimum Gasteiger partial charge on any atom is -0.309 e. The smallest absolute Gasteiger partial charge is 0.160 e. The van der Waals surface area contributed by atoms with Crippen LogP contribution in [0.1, 0.15) is 74.9 Å². The molecular formula is C95H69N7. The number of nitrogens with zero attached hydrogens (tertiary/aromatic N) is 7. The van der Waals surface area contributed by atoms with Crippen LogP contribution in [0.5, 0.6) is 0 Å². The Labute approximate surface area is 592 Å². The van der Waals surface area contributed by atoms with E-state index in [2.05, 4.69) is 365 Å². The first kappa shape index (κ1) is 59.5. The molecule has 0 saturated heterocycles. The largest absolute Gasteiger partial charge is 0.309 e. The van der Waals surface area contributed by atoms with Gasteiger partial charge < -0.3 is 13.7 Å². The van der Waals surface area contributed by atoms with Gasteiger partial charge in [0.15, 0.2) is 11.6 Å². The highest BCUT2D eigenvalue weighted by molar-refractivity contribution is 6.19. The fourth-order valence-electron chi connectivity index (χ4n) is 17.7. The van der Waals surface area contributed by atoms with Gasteiger partial charge in [-0.3, -0.25) is 0 Å². The molecule has 0 atom stereocenters. The molecule has 0 fully saturated rings. The topological polar surface area (TPSA) is 66.3 Å². The van der Waals surface area contributed by atoms with Gasteiger partial charge in [-0.25, -0.2) is 19.9 Å². The van der Waals surface area contributed by atoms with Crippen LogP contribution in [0.25, 0.3) is 161 Å². The van der Waals surface area contributed by atoms with Crippen LogP contribution < -0.4 is 0 Å². The Morgan fingerprint density at radius 2 is 0.559 bits per heavy atom. The van der Waals surface area contributed by atoms with Gasteiger partial charge in [0, 0.05) is 110 Å². The predicted octanol–water partition coefficient (Wildman–Crippen LogP) is 23.8. The first-order valence-electron chi connectivity index (χ1n) is 35.4. The third-order valence-electron chi connectivity index (χ3n) is 22.5. The van der Waals surface area contributed by atoms with Crippen LogP contribution in [0.2, 0.25) is 0 Å². The lowest BCUT2D eigenvalue weighted by Gasteiger charge is -2.23. The molecule has 0 amide bonds. The molecule has 13 aromatic carbocycles. The summed E-state index contributed by atoms with van der Waals surface area (Å²) in [6.07, 6.45) is 0. The van der Waals surface area contributed by atoms with Crippen LogP contribution in [0, 0.1) is 0 Å². The van der Waals surface area contributed by atoms with E-state index in [9.17, 15) is 0 Å². The van der Waals surface area contributed by atoms with E-state index < -0.39 is 0 Å². The Bertz CT molecular complexity index is 6520. The maximum Gasteiger partial charge on any atom is 0.160 e. The summed E-state index contributed by atoms with van der Waals surface area (Å²) >= 11 is 0. The van der Waals surface area contributed by atoms with Crippen molar-refractivity contribution in [3.8, 4) is 96.0 Å². The monoisotopic (exact) mass is 1310 g/mol. The number of benzene rings is 13. The van der Waals surface area contributed by atoms with Crippen molar-refractivity contribution in [2.75, 3.05) is 0 Å². The van der Waals surface area contributed by atoms with Gasteiger partial charge in [0.25, 0.3) is 0 Å². The number of hydrogen-bond acceptors (Lipinski definition) is 4. The lowest BCUT2D eigenvalue weighted by atomic mass is 9.81. The fraction of sp³-hybridized carbons (Fsp3) is 0.0947. The molecule has 7 heteroatoms. The van der Waals surface area contributed by atoms with E-state index in [0.717, 1.165) is 79.3 Å². The van der Waals surface area contributed by atoms with Gasteiger partial charge in [-0.05, 0) is 112 Å². The number of aromatic nitrogens is 7. The number of hydrogen-bond donors (Lipinski definition) is 0. The molecule has 0 radical (unpaired) electrons. The number of fused-ring (bicyclic) bond motifs is 18. The van der Waals surface area contributed by atoms with Crippen molar-refractivity contribution in [3.05, 3.63) is 343 Å². The van der Waals surface area contributed by atoms with Gasteiger partial charge in [-0.1, -0.05) is 272 Å². The normalized spacial score (nSPS) is 14.0. The van der Waals surface area contributed by atoms with E-state index in [0.29, 0.717) is 0 Å². The molecule has 0 spiro atoms. The highest BCUT2D eigenvalue weighted by atomic mass is 15.0. The molecule has 484 valence electrons. The second-order valence-electron chi connectivity index (χ2n) is 29.3. The molecule has 0 saturated carbocycles. The molecule has 0 N–H and O–H groups in total. The molecule has 102 heavy (non-hydrogen) atoms. The van der Waals surface area contributed by atoms with E-state index in [1.165, 1.54) is 116 Å². The zero-order valence-electron chi connectivity index (χ0n) is 57.6. The van der Waals surface area contributed by atoms with E-state index >= 15 is 0 Å². The van der Waals surface area contributed by atoms with Crippen molar-refractivity contribution in [1.29, 1.82) is 0 Å². The Morgan fingerprint density at radius 3 is 1.03 bits per heavy atom. The summed E-state index contributed by atoms with van der Waals surface area (Å²) in [5.74, 6) is 1.47. The standard InChI is InChI=1S/C49H34N4.C46H35N3/c1-49(2)40-25-12-9-24-37(40)47-45(49)46(31-16-5-3-6-17-31)50-48(51-47)32-18-15-21-34(28-32)53-42-27-14-11-23-36(42)39-29-38-35-22-10-13-26-41(35)52(43(38)30-44(39)53)33-19-7-4-8-20-33;1-45(2)36-22-11-8-19-31(36)34-26-35-32-20-10-13-24-39(32)49(40(35)27-38(34)45)30-18-14-17-29(25-30)44-47-42(28-15-6-5-7-16-28)41-43(48-44)33-21-9-12-23-37(33)46(41,3)4/h3-30H,1-2H3;5-27H,1-4H3. The lowest BCUT2D eigenvalue weighted by Crippen LogP contribution is -2.17. The maximum absolute atomic E-state index is 5.40. The van der Waals surface area contributed by atoms with Crippen molar-refractivity contribution < 1.29 is 0 Å². The molecule has 7 nitrogen and oxygen atoms in total. The Kier molecular flexibility index (Phi) is 13.0. The highest BCUT2D eigenvalue weighted by Crippen LogP contribution is 2.55. The molecular weight excluding hydrogens is 1240 g/mol. The van der Waals surface area contributed by atoms with E-state index in [-0.39, 0.29) is 16.2 Å². The van der Waals surface area contributed by atoms with Gasteiger partial charge in [-0.2, -0.15) is 0 Å². The molecule has 3 aliphatic carbocycles. The van der Waals surface area contributed by atoms with Gasteiger partial charge in [-0.15, -0.1) is 0 Å². The molecule has 0 aliphatic heterocycles. The quantitative estimate of drug-likeness (QED) is 0.159. The molecule has 3 aliphatic rings. The first-order valence-corrected chi connectivity index (χ1v) is 35.4. The van der Waals surface area contributed by atoms with Crippen molar-refractivity contribution in [2.24, 2.45) is 0 Å².